The number of ether oxygens (including phenoxy) is 3. The average Bonchev–Trinajstić information content (AvgIpc) is 3.24. The normalized spacial score (nSPS) is 36.6. The Morgan fingerprint density at radius 3 is 2.71 bits per heavy atom. The van der Waals surface area contributed by atoms with Gasteiger partial charge in [-0.3, -0.25) is 4.90 Å². The second kappa shape index (κ2) is 4.88. The summed E-state index contributed by atoms with van der Waals surface area (Å²) < 4.78 is 16.5. The zero-order chi connectivity index (χ0) is 16.5. The largest absolute Gasteiger partial charge is 0.499 e. The van der Waals surface area contributed by atoms with Crippen LogP contribution in [0.3, 0.4) is 0 Å². The van der Waals surface area contributed by atoms with E-state index >= 15 is 0 Å². The van der Waals surface area contributed by atoms with Gasteiger partial charge in [-0.1, -0.05) is 0 Å². The first kappa shape index (κ1) is 14.6. The topological polar surface area (TPSA) is 71.4 Å². The summed E-state index contributed by atoms with van der Waals surface area (Å²) in [6, 6.07) is 3.81. The Hall–Kier alpha value is -1.76. The van der Waals surface area contributed by atoms with E-state index in [9.17, 15) is 10.2 Å². The molecule has 3 aliphatic heterocycles. The average molecular weight is 331 g/mol. The van der Waals surface area contributed by atoms with E-state index in [4.69, 9.17) is 14.2 Å². The summed E-state index contributed by atoms with van der Waals surface area (Å²) in [5.41, 5.74) is 1.46. The second-order valence-corrected chi connectivity index (χ2v) is 7.06. The molecule has 128 valence electrons. The minimum absolute atomic E-state index is 0.170. The Balaban J connectivity index is 1.73. The Kier molecular flexibility index (Phi) is 2.96. The number of rotatable bonds is 1. The van der Waals surface area contributed by atoms with Crippen molar-refractivity contribution < 1.29 is 24.4 Å². The summed E-state index contributed by atoms with van der Waals surface area (Å²) in [5.74, 6) is 1.79. The monoisotopic (exact) mass is 331 g/mol. The summed E-state index contributed by atoms with van der Waals surface area (Å²) in [7, 11) is 1.60. The molecule has 0 unspecified atom stereocenters. The Morgan fingerprint density at radius 2 is 1.96 bits per heavy atom. The molecule has 0 saturated carbocycles. The van der Waals surface area contributed by atoms with E-state index in [2.05, 4.69) is 11.0 Å². The van der Waals surface area contributed by atoms with Gasteiger partial charge in [-0.25, -0.2) is 0 Å². The molecular formula is C18H21NO5. The van der Waals surface area contributed by atoms with Crippen molar-refractivity contribution in [1.82, 2.24) is 4.90 Å². The van der Waals surface area contributed by atoms with Crippen LogP contribution in [0, 0.1) is 0 Å². The van der Waals surface area contributed by atoms with Crippen LogP contribution in [-0.4, -0.2) is 53.7 Å². The van der Waals surface area contributed by atoms with Crippen molar-refractivity contribution in [2.24, 2.45) is 0 Å². The summed E-state index contributed by atoms with van der Waals surface area (Å²) in [6.07, 6.45) is 2.73. The van der Waals surface area contributed by atoms with Crippen LogP contribution in [0.25, 0.3) is 0 Å². The molecule has 0 aromatic heterocycles. The van der Waals surface area contributed by atoms with Gasteiger partial charge < -0.3 is 24.4 Å². The lowest BCUT2D eigenvalue weighted by molar-refractivity contribution is 0.0575. The number of benzene rings is 1. The summed E-state index contributed by atoms with van der Waals surface area (Å²) >= 11 is 0. The van der Waals surface area contributed by atoms with Gasteiger partial charge in [0.2, 0.25) is 6.79 Å². The molecule has 2 N–H and O–H groups in total. The van der Waals surface area contributed by atoms with Crippen LogP contribution in [0.5, 0.6) is 11.5 Å². The third kappa shape index (κ3) is 1.71. The Labute approximate surface area is 140 Å². The highest BCUT2D eigenvalue weighted by Crippen LogP contribution is 2.55. The maximum Gasteiger partial charge on any atom is 0.231 e. The molecule has 4 aliphatic rings. The molecule has 6 heteroatoms. The molecule has 1 saturated heterocycles. The van der Waals surface area contributed by atoms with E-state index in [1.165, 1.54) is 0 Å². The Morgan fingerprint density at radius 1 is 1.21 bits per heavy atom. The number of hydrogen-bond acceptors (Lipinski definition) is 6. The molecule has 1 spiro atoms. The van der Waals surface area contributed by atoms with Crippen LogP contribution in [0.1, 0.15) is 36.0 Å². The van der Waals surface area contributed by atoms with Crippen LogP contribution >= 0.6 is 0 Å². The fraction of sp³-hybridized carbons (Fsp3) is 0.556. The van der Waals surface area contributed by atoms with Crippen molar-refractivity contribution in [3.05, 3.63) is 35.1 Å². The first-order chi connectivity index (χ1) is 11.6. The fourth-order valence-corrected chi connectivity index (χ4v) is 5.01. The van der Waals surface area contributed by atoms with Crippen molar-refractivity contribution in [1.29, 1.82) is 0 Å². The summed E-state index contributed by atoms with van der Waals surface area (Å²) in [6.45, 7) is 1.65. The zero-order valence-corrected chi connectivity index (χ0v) is 13.6. The molecule has 1 fully saturated rings. The first-order valence-electron chi connectivity index (χ1n) is 8.45. The van der Waals surface area contributed by atoms with E-state index in [0.29, 0.717) is 23.8 Å². The van der Waals surface area contributed by atoms with Crippen LogP contribution in [0.15, 0.2) is 24.0 Å². The lowest BCUT2D eigenvalue weighted by Gasteiger charge is -2.38. The molecule has 0 bridgehead atoms. The van der Waals surface area contributed by atoms with Crippen LogP contribution < -0.4 is 9.47 Å². The summed E-state index contributed by atoms with van der Waals surface area (Å²) in [5, 5.41) is 21.8. The molecule has 0 amide bonds. The molecule has 6 nitrogen and oxygen atoms in total. The van der Waals surface area contributed by atoms with E-state index in [-0.39, 0.29) is 18.2 Å². The number of aliphatic hydroxyl groups excluding tert-OH is 2. The van der Waals surface area contributed by atoms with Crippen LogP contribution in [0.2, 0.25) is 0 Å². The molecular weight excluding hydrogens is 310 g/mol. The van der Waals surface area contributed by atoms with Gasteiger partial charge in [0.05, 0.1) is 18.8 Å². The minimum Gasteiger partial charge on any atom is -0.499 e. The van der Waals surface area contributed by atoms with Gasteiger partial charge in [0.25, 0.3) is 0 Å². The summed E-state index contributed by atoms with van der Waals surface area (Å²) in [4.78, 5) is 2.30. The van der Waals surface area contributed by atoms with Gasteiger partial charge in [0.1, 0.15) is 11.9 Å². The quantitative estimate of drug-likeness (QED) is 0.808. The number of aliphatic hydroxyl groups is 2. The fourth-order valence-electron chi connectivity index (χ4n) is 5.01. The van der Waals surface area contributed by atoms with Gasteiger partial charge in [-0.15, -0.1) is 0 Å². The zero-order valence-electron chi connectivity index (χ0n) is 13.6. The number of β-amino-alcohol motifs (C(OH)–C–C–N with tert-alkyl or cyclic N) is 1. The third-order valence-corrected chi connectivity index (χ3v) is 6.03. The molecule has 4 atom stereocenters. The molecule has 1 aliphatic carbocycles. The predicted octanol–water partition coefficient (Wildman–Crippen LogP) is 1.29. The maximum absolute atomic E-state index is 11.0. The molecule has 24 heavy (non-hydrogen) atoms. The highest BCUT2D eigenvalue weighted by Gasteiger charge is 2.57. The SMILES string of the molecule is COC1=C[C@@]23CCCN2C[C@H](O)c2cc4c(cc2[C@@H]3[C@@H]1O)OCO4. The van der Waals surface area contributed by atoms with Crippen LogP contribution in [0.4, 0.5) is 0 Å². The Bertz CT molecular complexity index is 732. The van der Waals surface area contributed by atoms with Gasteiger partial charge in [0, 0.05) is 12.5 Å². The standard InChI is InChI=1S/C18H21NO5/c1-22-15-7-18-3-2-4-19(18)8-12(20)10-5-13-14(24-9-23-13)6-11(10)16(18)17(15)21/h5-7,12,16-17,20-21H,2-4,8-9H2,1H3/t12-,16+,17+,18+/m0/s1. The number of fused-ring (bicyclic) bond motifs is 3. The second-order valence-electron chi connectivity index (χ2n) is 7.06. The van der Waals surface area contributed by atoms with Crippen molar-refractivity contribution >= 4 is 0 Å². The van der Waals surface area contributed by atoms with Gasteiger partial charge in [-0.2, -0.15) is 0 Å². The third-order valence-electron chi connectivity index (χ3n) is 6.03. The number of hydrogen-bond donors (Lipinski definition) is 2. The van der Waals surface area contributed by atoms with Gasteiger partial charge in [-0.05, 0) is 48.7 Å². The number of methoxy groups -OCH3 is 1. The minimum atomic E-state index is -0.722. The van der Waals surface area contributed by atoms with Crippen molar-refractivity contribution in [2.75, 3.05) is 27.0 Å². The molecule has 0 radical (unpaired) electrons. The van der Waals surface area contributed by atoms with Crippen molar-refractivity contribution in [3.63, 3.8) is 0 Å². The van der Waals surface area contributed by atoms with Gasteiger partial charge >= 0.3 is 0 Å². The molecule has 1 aromatic rings. The molecule has 5 rings (SSSR count). The highest BCUT2D eigenvalue weighted by atomic mass is 16.7. The lowest BCUT2D eigenvalue weighted by Crippen LogP contribution is -2.47. The van der Waals surface area contributed by atoms with Gasteiger partial charge in [0.15, 0.2) is 11.5 Å². The number of nitrogens with zero attached hydrogens (tertiary/aromatic N) is 1. The molecule has 1 aromatic carbocycles. The molecule has 3 heterocycles. The van der Waals surface area contributed by atoms with E-state index in [1.54, 1.807) is 7.11 Å². The van der Waals surface area contributed by atoms with Crippen LogP contribution in [-0.2, 0) is 4.74 Å². The van der Waals surface area contributed by atoms with Crippen molar-refractivity contribution in [2.45, 2.75) is 36.5 Å². The smallest absolute Gasteiger partial charge is 0.231 e. The van der Waals surface area contributed by atoms with E-state index < -0.39 is 12.2 Å². The van der Waals surface area contributed by atoms with Crippen molar-refractivity contribution in [3.8, 4) is 11.5 Å². The highest BCUT2D eigenvalue weighted by molar-refractivity contribution is 5.54. The maximum atomic E-state index is 11.0. The first-order valence-corrected chi connectivity index (χ1v) is 8.45. The predicted molar refractivity (Wildman–Crippen MR) is 84.9 cm³/mol. The lowest BCUT2D eigenvalue weighted by atomic mass is 9.77. The van der Waals surface area contributed by atoms with E-state index in [1.807, 2.05) is 12.1 Å². The van der Waals surface area contributed by atoms with E-state index in [0.717, 1.165) is 30.5 Å².